The Hall–Kier alpha value is -0.960. The topological polar surface area (TPSA) is 12.0 Å². The van der Waals surface area contributed by atoms with Crippen LogP contribution in [-0.4, -0.2) is 12.6 Å². The Morgan fingerprint density at radius 1 is 1.14 bits per heavy atom. The van der Waals surface area contributed by atoms with Gasteiger partial charge in [-0.1, -0.05) is 26.3 Å². The summed E-state index contributed by atoms with van der Waals surface area (Å²) in [4.78, 5) is 0. The number of nitrogens with one attached hydrogen (secondary N) is 1. The van der Waals surface area contributed by atoms with Crippen LogP contribution >= 0.6 is 0 Å². The predicted octanol–water partition coefficient (Wildman–Crippen LogP) is 4.70. The van der Waals surface area contributed by atoms with Gasteiger partial charge < -0.3 is 5.32 Å². The standard InChI is InChI=1S/C18H27F2N/c1-3-9-21-18-8-6-13(4-2)10-15(18)11-14-5-7-16(19)17(20)12-14/h5,7,12-13,15,18,21H,3-4,6,8-11H2,1-2H3. The molecule has 3 heteroatoms. The van der Waals surface area contributed by atoms with E-state index in [9.17, 15) is 8.78 Å². The Labute approximate surface area is 127 Å². The van der Waals surface area contributed by atoms with Gasteiger partial charge in [-0.3, -0.25) is 0 Å². The van der Waals surface area contributed by atoms with Gasteiger partial charge in [0.15, 0.2) is 11.6 Å². The first-order valence-corrected chi connectivity index (χ1v) is 8.31. The van der Waals surface area contributed by atoms with E-state index in [-0.39, 0.29) is 0 Å². The van der Waals surface area contributed by atoms with Gasteiger partial charge in [-0.15, -0.1) is 0 Å². The van der Waals surface area contributed by atoms with Gasteiger partial charge in [-0.2, -0.15) is 0 Å². The molecule has 1 fully saturated rings. The molecule has 0 bridgehead atoms. The zero-order valence-electron chi connectivity index (χ0n) is 13.2. The van der Waals surface area contributed by atoms with Crippen LogP contribution < -0.4 is 5.32 Å². The smallest absolute Gasteiger partial charge is 0.159 e. The van der Waals surface area contributed by atoms with Crippen LogP contribution in [0.15, 0.2) is 18.2 Å². The quantitative estimate of drug-likeness (QED) is 0.802. The molecule has 1 aliphatic carbocycles. The predicted molar refractivity (Wildman–Crippen MR) is 83.3 cm³/mol. The highest BCUT2D eigenvalue weighted by Gasteiger charge is 2.29. The molecule has 1 nitrogen and oxygen atoms in total. The van der Waals surface area contributed by atoms with E-state index < -0.39 is 11.6 Å². The Bertz CT molecular complexity index is 447. The first kappa shape index (κ1) is 16.4. The number of hydrogen-bond acceptors (Lipinski definition) is 1. The molecule has 0 aromatic heterocycles. The fraction of sp³-hybridized carbons (Fsp3) is 0.667. The van der Waals surface area contributed by atoms with Crippen molar-refractivity contribution in [2.75, 3.05) is 6.54 Å². The molecule has 0 aliphatic heterocycles. The van der Waals surface area contributed by atoms with E-state index in [0.717, 1.165) is 30.9 Å². The van der Waals surface area contributed by atoms with Crippen molar-refractivity contribution in [3.63, 3.8) is 0 Å². The highest BCUT2D eigenvalue weighted by Crippen LogP contribution is 2.33. The first-order valence-electron chi connectivity index (χ1n) is 8.31. The van der Waals surface area contributed by atoms with Crippen LogP contribution in [0.1, 0.15) is 51.5 Å². The van der Waals surface area contributed by atoms with Gasteiger partial charge in [-0.25, -0.2) is 8.78 Å². The number of hydrogen-bond donors (Lipinski definition) is 1. The Balaban J connectivity index is 2.05. The largest absolute Gasteiger partial charge is 0.314 e. The van der Waals surface area contributed by atoms with Crippen LogP contribution in [0.5, 0.6) is 0 Å². The molecule has 3 unspecified atom stereocenters. The summed E-state index contributed by atoms with van der Waals surface area (Å²) in [7, 11) is 0. The highest BCUT2D eigenvalue weighted by atomic mass is 19.2. The minimum Gasteiger partial charge on any atom is -0.314 e. The zero-order chi connectivity index (χ0) is 15.2. The van der Waals surface area contributed by atoms with E-state index in [2.05, 4.69) is 19.2 Å². The molecule has 0 radical (unpaired) electrons. The lowest BCUT2D eigenvalue weighted by atomic mass is 9.74. The normalized spacial score (nSPS) is 26.0. The summed E-state index contributed by atoms with van der Waals surface area (Å²) in [6.45, 7) is 5.46. The zero-order valence-corrected chi connectivity index (χ0v) is 13.2. The minimum absolute atomic E-state index is 0.515. The maximum atomic E-state index is 13.4. The third-order valence-corrected chi connectivity index (χ3v) is 4.81. The highest BCUT2D eigenvalue weighted by molar-refractivity contribution is 5.18. The van der Waals surface area contributed by atoms with Crippen LogP contribution in [0, 0.1) is 23.5 Å². The lowest BCUT2D eigenvalue weighted by Crippen LogP contribution is -2.41. The molecule has 1 aromatic rings. The van der Waals surface area contributed by atoms with Crippen molar-refractivity contribution < 1.29 is 8.78 Å². The van der Waals surface area contributed by atoms with Crippen molar-refractivity contribution in [3.8, 4) is 0 Å². The fourth-order valence-corrected chi connectivity index (χ4v) is 3.53. The van der Waals surface area contributed by atoms with Gasteiger partial charge in [0.05, 0.1) is 0 Å². The second-order valence-corrected chi connectivity index (χ2v) is 6.36. The summed E-state index contributed by atoms with van der Waals surface area (Å²) in [5, 5.41) is 3.64. The second-order valence-electron chi connectivity index (χ2n) is 6.36. The van der Waals surface area contributed by atoms with Gasteiger partial charge in [-0.05, 0) is 68.2 Å². The lowest BCUT2D eigenvalue weighted by Gasteiger charge is -2.37. The van der Waals surface area contributed by atoms with Crippen molar-refractivity contribution in [1.82, 2.24) is 5.32 Å². The van der Waals surface area contributed by atoms with Gasteiger partial charge in [0.2, 0.25) is 0 Å². The molecular weight excluding hydrogens is 268 g/mol. The third-order valence-electron chi connectivity index (χ3n) is 4.81. The van der Waals surface area contributed by atoms with Crippen LogP contribution in [-0.2, 0) is 6.42 Å². The summed E-state index contributed by atoms with van der Waals surface area (Å²) in [6, 6.07) is 4.85. The molecule has 21 heavy (non-hydrogen) atoms. The molecule has 1 N–H and O–H groups in total. The average molecular weight is 295 g/mol. The molecule has 3 atom stereocenters. The maximum Gasteiger partial charge on any atom is 0.159 e. The van der Waals surface area contributed by atoms with Crippen molar-refractivity contribution in [3.05, 3.63) is 35.4 Å². The summed E-state index contributed by atoms with van der Waals surface area (Å²) in [5.74, 6) is -0.178. The maximum absolute atomic E-state index is 13.4. The Morgan fingerprint density at radius 2 is 1.95 bits per heavy atom. The van der Waals surface area contributed by atoms with Gasteiger partial charge in [0, 0.05) is 6.04 Å². The lowest BCUT2D eigenvalue weighted by molar-refractivity contribution is 0.198. The first-order chi connectivity index (χ1) is 10.1. The van der Waals surface area contributed by atoms with Crippen LogP contribution in [0.2, 0.25) is 0 Å². The SMILES string of the molecule is CCCNC1CCC(CC)CC1Cc1ccc(F)c(F)c1. The minimum atomic E-state index is -0.755. The molecule has 0 heterocycles. The molecule has 1 saturated carbocycles. The van der Waals surface area contributed by atoms with Gasteiger partial charge in [0.1, 0.15) is 0 Å². The summed E-state index contributed by atoms with van der Waals surface area (Å²) < 4.78 is 26.4. The number of benzene rings is 1. The Kier molecular flexibility index (Phi) is 6.16. The van der Waals surface area contributed by atoms with E-state index in [1.54, 1.807) is 6.07 Å². The summed E-state index contributed by atoms with van der Waals surface area (Å²) in [6.07, 6.45) is 6.87. The average Bonchev–Trinajstić information content (AvgIpc) is 2.49. The van der Waals surface area contributed by atoms with Crippen LogP contribution in [0.3, 0.4) is 0 Å². The van der Waals surface area contributed by atoms with Crippen LogP contribution in [0.25, 0.3) is 0 Å². The second kappa shape index (κ2) is 7.88. The van der Waals surface area contributed by atoms with Gasteiger partial charge >= 0.3 is 0 Å². The molecule has 0 spiro atoms. The summed E-state index contributed by atoms with van der Waals surface area (Å²) in [5.41, 5.74) is 0.916. The molecular formula is C18H27F2N. The number of rotatable bonds is 6. The molecule has 118 valence electrons. The van der Waals surface area contributed by atoms with E-state index in [0.29, 0.717) is 12.0 Å². The van der Waals surface area contributed by atoms with Crippen LogP contribution in [0.4, 0.5) is 8.78 Å². The van der Waals surface area contributed by atoms with Crippen molar-refractivity contribution >= 4 is 0 Å². The molecule has 1 aromatic carbocycles. The molecule has 2 rings (SSSR count). The molecule has 1 aliphatic rings. The van der Waals surface area contributed by atoms with E-state index in [1.807, 2.05) is 0 Å². The van der Waals surface area contributed by atoms with Crippen molar-refractivity contribution in [1.29, 1.82) is 0 Å². The monoisotopic (exact) mass is 295 g/mol. The number of halogens is 2. The fourth-order valence-electron chi connectivity index (χ4n) is 3.53. The van der Waals surface area contributed by atoms with E-state index >= 15 is 0 Å². The van der Waals surface area contributed by atoms with E-state index in [4.69, 9.17) is 0 Å². The van der Waals surface area contributed by atoms with Crippen molar-refractivity contribution in [2.45, 2.75) is 58.4 Å². The van der Waals surface area contributed by atoms with E-state index in [1.165, 1.54) is 37.8 Å². The molecule has 0 amide bonds. The molecule has 0 saturated heterocycles. The van der Waals surface area contributed by atoms with Crippen molar-refractivity contribution in [2.24, 2.45) is 11.8 Å². The Morgan fingerprint density at radius 3 is 2.62 bits per heavy atom. The summed E-state index contributed by atoms with van der Waals surface area (Å²) >= 11 is 0. The third kappa shape index (κ3) is 4.50. The van der Waals surface area contributed by atoms with Gasteiger partial charge in [0.25, 0.3) is 0 Å².